The Kier molecular flexibility index (Phi) is 5.73. The van der Waals surface area contributed by atoms with E-state index in [0.29, 0.717) is 0 Å². The van der Waals surface area contributed by atoms with Crippen LogP contribution in [-0.2, 0) is 9.53 Å². The second kappa shape index (κ2) is 6.93. The quantitative estimate of drug-likeness (QED) is 0.757. The van der Waals surface area contributed by atoms with E-state index < -0.39 is 29.6 Å². The van der Waals surface area contributed by atoms with Gasteiger partial charge in [-0.3, -0.25) is 4.79 Å². The van der Waals surface area contributed by atoms with Crippen LogP contribution in [0, 0.1) is 0 Å². The van der Waals surface area contributed by atoms with E-state index in [9.17, 15) is 14.7 Å². The van der Waals surface area contributed by atoms with Crippen molar-refractivity contribution in [2.24, 2.45) is 0 Å². The largest absolute Gasteiger partial charge is 0.480 e. The Morgan fingerprint density at radius 1 is 1.45 bits per heavy atom. The van der Waals surface area contributed by atoms with Crippen molar-refractivity contribution in [2.45, 2.75) is 45.4 Å². The molecule has 0 unspecified atom stereocenters. The number of rotatable bonds is 5. The molecule has 2 atom stereocenters. The highest BCUT2D eigenvalue weighted by atomic mass is 35.5. The van der Waals surface area contributed by atoms with Crippen molar-refractivity contribution in [3.63, 3.8) is 0 Å². The highest BCUT2D eigenvalue weighted by Crippen LogP contribution is 2.17. The molecule has 0 aliphatic rings. The lowest BCUT2D eigenvalue weighted by atomic mass is 10.1. The fraction of sp³-hybridized carbons (Fsp3) is 0.500. The zero-order valence-electron chi connectivity index (χ0n) is 12.9. The number of hydrogen-bond donors (Lipinski definition) is 3. The molecule has 0 saturated heterocycles. The summed E-state index contributed by atoms with van der Waals surface area (Å²) in [6.45, 7) is 6.96. The number of nitrogens with zero attached hydrogens (tertiary/aromatic N) is 1. The summed E-state index contributed by atoms with van der Waals surface area (Å²) in [5.41, 5.74) is 5.10. The van der Waals surface area contributed by atoms with Gasteiger partial charge in [-0.1, -0.05) is 11.6 Å². The Morgan fingerprint density at radius 3 is 2.50 bits per heavy atom. The Hall–Kier alpha value is -1.86. The number of aromatic nitrogens is 1. The zero-order chi connectivity index (χ0) is 17.1. The number of carboxylic acids is 1. The van der Waals surface area contributed by atoms with Crippen LogP contribution >= 0.6 is 11.6 Å². The van der Waals surface area contributed by atoms with E-state index in [1.807, 2.05) is 0 Å². The van der Waals surface area contributed by atoms with Crippen molar-refractivity contribution in [1.82, 2.24) is 10.3 Å². The highest BCUT2D eigenvalue weighted by Gasteiger charge is 2.31. The number of ether oxygens (including phenoxy) is 1. The number of amides is 1. The van der Waals surface area contributed by atoms with Crippen LogP contribution in [0.25, 0.3) is 0 Å². The number of anilines is 1. The molecule has 0 aliphatic heterocycles. The summed E-state index contributed by atoms with van der Waals surface area (Å²) in [5.74, 6) is -1.91. The number of nitrogens with one attached hydrogen (secondary N) is 1. The van der Waals surface area contributed by atoms with Crippen LogP contribution in [0.5, 0.6) is 0 Å². The van der Waals surface area contributed by atoms with Crippen LogP contribution in [-0.4, -0.2) is 39.7 Å². The minimum absolute atomic E-state index is 0.0681. The lowest BCUT2D eigenvalue weighted by Crippen LogP contribution is -2.50. The zero-order valence-corrected chi connectivity index (χ0v) is 13.6. The van der Waals surface area contributed by atoms with Gasteiger partial charge in [0.15, 0.2) is 11.7 Å². The van der Waals surface area contributed by atoms with Gasteiger partial charge in [-0.2, -0.15) is 0 Å². The average molecular weight is 330 g/mol. The normalized spacial score (nSPS) is 14.2. The van der Waals surface area contributed by atoms with Gasteiger partial charge in [0, 0.05) is 6.20 Å². The number of halogens is 1. The number of pyridine rings is 1. The van der Waals surface area contributed by atoms with Gasteiger partial charge in [-0.05, 0) is 33.8 Å². The predicted octanol–water partition coefficient (Wildman–Crippen LogP) is 1.70. The topological polar surface area (TPSA) is 115 Å². The molecule has 1 heterocycles. The summed E-state index contributed by atoms with van der Waals surface area (Å²) in [7, 11) is 0. The third-order valence-electron chi connectivity index (χ3n) is 2.66. The predicted molar refractivity (Wildman–Crippen MR) is 82.8 cm³/mol. The van der Waals surface area contributed by atoms with Gasteiger partial charge in [-0.25, -0.2) is 9.78 Å². The lowest BCUT2D eigenvalue weighted by molar-refractivity contribution is -0.146. The third-order valence-corrected chi connectivity index (χ3v) is 2.87. The Labute approximate surface area is 133 Å². The number of carboxylic acid groups (broad SMARTS) is 1. The summed E-state index contributed by atoms with van der Waals surface area (Å²) < 4.78 is 5.58. The van der Waals surface area contributed by atoms with Crippen molar-refractivity contribution in [2.75, 3.05) is 5.73 Å². The monoisotopic (exact) mass is 329 g/mol. The standard InChI is InChI=1S/C14H20ClN3O4/c1-7(22-14(2,3)4)10(13(20)21)18-12(19)11-9(16)5-8(15)6-17-11/h5-7,10H,16H2,1-4H3,(H,18,19)(H,20,21)/t7-,10+/m1/s1. The molecule has 1 amide bonds. The van der Waals surface area contributed by atoms with E-state index in [1.54, 1.807) is 27.7 Å². The van der Waals surface area contributed by atoms with Crippen molar-refractivity contribution in [3.05, 3.63) is 23.0 Å². The minimum atomic E-state index is -1.23. The molecule has 1 rings (SSSR count). The molecule has 0 aliphatic carbocycles. The van der Waals surface area contributed by atoms with Crippen molar-refractivity contribution >= 4 is 29.2 Å². The fourth-order valence-electron chi connectivity index (χ4n) is 1.86. The van der Waals surface area contributed by atoms with Crippen LogP contribution in [0.2, 0.25) is 5.02 Å². The molecule has 0 spiro atoms. The maximum absolute atomic E-state index is 12.1. The summed E-state index contributed by atoms with van der Waals surface area (Å²) >= 11 is 5.71. The molecule has 22 heavy (non-hydrogen) atoms. The average Bonchev–Trinajstić information content (AvgIpc) is 2.32. The molecule has 0 fully saturated rings. The molecule has 0 saturated carbocycles. The SMILES string of the molecule is C[C@@H](OC(C)(C)C)[C@H](NC(=O)c1ncc(Cl)cc1N)C(=O)O. The third kappa shape index (κ3) is 5.16. The first-order valence-electron chi connectivity index (χ1n) is 6.64. The Morgan fingerprint density at radius 2 is 2.05 bits per heavy atom. The Bertz CT molecular complexity index is 572. The summed E-state index contributed by atoms with van der Waals surface area (Å²) in [6, 6.07) is 0.137. The molecule has 7 nitrogen and oxygen atoms in total. The first-order chi connectivity index (χ1) is 10.0. The summed E-state index contributed by atoms with van der Waals surface area (Å²) in [4.78, 5) is 27.3. The van der Waals surface area contributed by atoms with E-state index in [1.165, 1.54) is 12.3 Å². The Balaban J connectivity index is 2.91. The van der Waals surface area contributed by atoms with E-state index in [0.717, 1.165) is 0 Å². The van der Waals surface area contributed by atoms with Gasteiger partial charge in [0.2, 0.25) is 0 Å². The van der Waals surface area contributed by atoms with Crippen LogP contribution in [0.1, 0.15) is 38.2 Å². The number of nitrogen functional groups attached to an aromatic ring is 1. The van der Waals surface area contributed by atoms with E-state index in [-0.39, 0.29) is 16.4 Å². The molecular formula is C14H20ClN3O4. The maximum atomic E-state index is 12.1. The molecule has 8 heteroatoms. The molecule has 1 aromatic rings. The molecular weight excluding hydrogens is 310 g/mol. The van der Waals surface area contributed by atoms with Crippen LogP contribution < -0.4 is 11.1 Å². The van der Waals surface area contributed by atoms with E-state index in [4.69, 9.17) is 22.1 Å². The van der Waals surface area contributed by atoms with Gasteiger partial charge in [0.1, 0.15) is 0 Å². The number of carbonyl (C=O) groups excluding carboxylic acids is 1. The van der Waals surface area contributed by atoms with Gasteiger partial charge in [-0.15, -0.1) is 0 Å². The number of aliphatic carboxylic acids is 1. The molecule has 0 bridgehead atoms. The lowest BCUT2D eigenvalue weighted by Gasteiger charge is -2.29. The second-order valence-corrected chi connectivity index (χ2v) is 6.25. The molecule has 4 N–H and O–H groups in total. The molecule has 0 aromatic carbocycles. The maximum Gasteiger partial charge on any atom is 0.328 e. The van der Waals surface area contributed by atoms with Crippen molar-refractivity contribution in [1.29, 1.82) is 0 Å². The fourth-order valence-corrected chi connectivity index (χ4v) is 2.03. The second-order valence-electron chi connectivity index (χ2n) is 5.82. The molecule has 122 valence electrons. The van der Waals surface area contributed by atoms with Crippen LogP contribution in [0.4, 0.5) is 5.69 Å². The van der Waals surface area contributed by atoms with E-state index >= 15 is 0 Å². The number of carbonyl (C=O) groups is 2. The molecule has 0 radical (unpaired) electrons. The van der Waals surface area contributed by atoms with Crippen LogP contribution in [0.3, 0.4) is 0 Å². The van der Waals surface area contributed by atoms with Gasteiger partial charge in [0.05, 0.1) is 22.4 Å². The molecule has 1 aromatic heterocycles. The minimum Gasteiger partial charge on any atom is -0.480 e. The highest BCUT2D eigenvalue weighted by molar-refractivity contribution is 6.30. The smallest absolute Gasteiger partial charge is 0.328 e. The summed E-state index contributed by atoms with van der Waals surface area (Å²) in [6.07, 6.45) is 0.521. The van der Waals surface area contributed by atoms with Crippen LogP contribution in [0.15, 0.2) is 12.3 Å². The van der Waals surface area contributed by atoms with E-state index in [2.05, 4.69) is 10.3 Å². The number of hydrogen-bond acceptors (Lipinski definition) is 5. The van der Waals surface area contributed by atoms with Gasteiger partial charge in [0.25, 0.3) is 5.91 Å². The van der Waals surface area contributed by atoms with Gasteiger partial charge >= 0.3 is 5.97 Å². The summed E-state index contributed by atoms with van der Waals surface area (Å²) in [5, 5.41) is 11.9. The van der Waals surface area contributed by atoms with Crippen molar-refractivity contribution in [3.8, 4) is 0 Å². The first-order valence-corrected chi connectivity index (χ1v) is 7.01. The number of nitrogens with two attached hydrogens (primary N) is 1. The van der Waals surface area contributed by atoms with Crippen molar-refractivity contribution < 1.29 is 19.4 Å². The van der Waals surface area contributed by atoms with Gasteiger partial charge < -0.3 is 20.9 Å². The first kappa shape index (κ1) is 18.2.